The Hall–Kier alpha value is -5.43. The summed E-state index contributed by atoms with van der Waals surface area (Å²) < 4.78 is 0. The highest BCUT2D eigenvalue weighted by Gasteiger charge is 2.33. The number of benzene rings is 2. The van der Waals surface area contributed by atoms with E-state index in [0.717, 1.165) is 32.9 Å². The van der Waals surface area contributed by atoms with Crippen LogP contribution in [0.3, 0.4) is 0 Å². The van der Waals surface area contributed by atoms with Crippen LogP contribution in [0.1, 0.15) is 37.1 Å². The van der Waals surface area contributed by atoms with Gasteiger partial charge in [0.25, 0.3) is 0 Å². The Bertz CT molecular complexity index is 1850. The molecule has 47 heavy (non-hydrogen) atoms. The molecule has 2 aromatic carbocycles. The number of nitrogens with two attached hydrogens (primary N) is 1. The molecular formula is C34H40N8O5. The highest BCUT2D eigenvalue weighted by molar-refractivity contribution is 5.95. The monoisotopic (exact) mass is 640 g/mol. The summed E-state index contributed by atoms with van der Waals surface area (Å²) in [6, 6.07) is 10.7. The van der Waals surface area contributed by atoms with Crippen molar-refractivity contribution in [1.29, 1.82) is 0 Å². The summed E-state index contributed by atoms with van der Waals surface area (Å²) in [7, 11) is 0. The molecule has 0 aliphatic heterocycles. The van der Waals surface area contributed by atoms with E-state index in [-0.39, 0.29) is 25.2 Å². The number of fused-ring (bicyclic) bond motifs is 2. The van der Waals surface area contributed by atoms with Gasteiger partial charge in [-0.05, 0) is 29.2 Å². The standard InChI is InChI=1S/C34H40N8O5/c1-3-19(2)30(33(45)41-29(34(46)47)13-21-16-38-27-11-7-5-9-24(21)27)42-32(44)28(12-20-15-37-26-10-6-4-8-23(20)26)40-31(43)25(35)14-22-17-36-18-39-22/h4-11,15-19,25,28-30,37-38H,3,12-14,35H2,1-2H3,(H,36,39)(H,40,43)(H,41,45)(H,42,44)(H,46,47). The molecule has 0 saturated carbocycles. The van der Waals surface area contributed by atoms with Gasteiger partial charge in [0.15, 0.2) is 0 Å². The number of rotatable bonds is 15. The van der Waals surface area contributed by atoms with Gasteiger partial charge in [-0.2, -0.15) is 0 Å². The summed E-state index contributed by atoms with van der Waals surface area (Å²) in [6.07, 6.45) is 7.43. The van der Waals surface area contributed by atoms with Crippen LogP contribution >= 0.6 is 0 Å². The fourth-order valence-corrected chi connectivity index (χ4v) is 5.67. The summed E-state index contributed by atoms with van der Waals surface area (Å²) in [6.45, 7) is 3.67. The van der Waals surface area contributed by atoms with Crippen molar-refractivity contribution in [2.24, 2.45) is 11.7 Å². The van der Waals surface area contributed by atoms with Crippen LogP contribution < -0.4 is 21.7 Å². The number of H-pyrrole nitrogens is 3. The molecule has 3 heterocycles. The predicted octanol–water partition coefficient (Wildman–Crippen LogP) is 2.31. The number of nitrogens with one attached hydrogen (secondary N) is 6. The van der Waals surface area contributed by atoms with Gasteiger partial charge in [-0.25, -0.2) is 9.78 Å². The number of carboxylic acids is 1. The molecule has 0 aliphatic carbocycles. The van der Waals surface area contributed by atoms with Gasteiger partial charge in [-0.3, -0.25) is 14.4 Å². The molecule has 3 amide bonds. The fourth-order valence-electron chi connectivity index (χ4n) is 5.67. The smallest absolute Gasteiger partial charge is 0.326 e. The van der Waals surface area contributed by atoms with Crippen molar-refractivity contribution < 1.29 is 24.3 Å². The van der Waals surface area contributed by atoms with Crippen molar-refractivity contribution >= 4 is 45.5 Å². The normalized spacial score (nSPS) is 14.6. The van der Waals surface area contributed by atoms with E-state index >= 15 is 0 Å². The van der Waals surface area contributed by atoms with Crippen molar-refractivity contribution in [2.75, 3.05) is 0 Å². The van der Waals surface area contributed by atoms with Gasteiger partial charge in [-0.1, -0.05) is 56.7 Å². The van der Waals surface area contributed by atoms with Gasteiger partial charge in [-0.15, -0.1) is 0 Å². The van der Waals surface area contributed by atoms with Crippen molar-refractivity contribution in [3.8, 4) is 0 Å². The van der Waals surface area contributed by atoms with Crippen molar-refractivity contribution in [3.63, 3.8) is 0 Å². The molecule has 0 fully saturated rings. The second kappa shape index (κ2) is 14.8. The zero-order valence-corrected chi connectivity index (χ0v) is 26.2. The van der Waals surface area contributed by atoms with E-state index in [4.69, 9.17) is 5.73 Å². The average molecular weight is 641 g/mol. The largest absolute Gasteiger partial charge is 0.480 e. The molecule has 0 spiro atoms. The summed E-state index contributed by atoms with van der Waals surface area (Å²) in [5, 5.41) is 20.0. The van der Waals surface area contributed by atoms with E-state index in [1.807, 2.05) is 55.5 Å². The van der Waals surface area contributed by atoms with E-state index < -0.39 is 47.9 Å². The summed E-state index contributed by atoms with van der Waals surface area (Å²) in [5.41, 5.74) is 10.1. The van der Waals surface area contributed by atoms with Crippen LogP contribution in [0.4, 0.5) is 0 Å². The van der Waals surface area contributed by atoms with E-state index in [1.165, 1.54) is 6.33 Å². The number of aromatic nitrogens is 4. The lowest BCUT2D eigenvalue weighted by Crippen LogP contribution is -2.59. The van der Waals surface area contributed by atoms with Crippen LogP contribution in [-0.4, -0.2) is 72.9 Å². The van der Waals surface area contributed by atoms with E-state index in [2.05, 4.69) is 35.9 Å². The third-order valence-electron chi connectivity index (χ3n) is 8.57. The molecule has 5 atom stereocenters. The number of carbonyl (C=O) groups is 4. The Morgan fingerprint density at radius 2 is 1.36 bits per heavy atom. The molecule has 5 unspecified atom stereocenters. The quantitative estimate of drug-likeness (QED) is 0.0855. The van der Waals surface area contributed by atoms with E-state index in [1.54, 1.807) is 25.5 Å². The highest BCUT2D eigenvalue weighted by atomic mass is 16.4. The van der Waals surface area contributed by atoms with Crippen LogP contribution in [0.2, 0.25) is 0 Å². The molecule has 13 heteroatoms. The van der Waals surface area contributed by atoms with E-state index in [9.17, 15) is 24.3 Å². The molecule has 9 N–H and O–H groups in total. The number of carboxylic acid groups (broad SMARTS) is 1. The lowest BCUT2D eigenvalue weighted by Gasteiger charge is -2.28. The Kier molecular flexibility index (Phi) is 10.4. The van der Waals surface area contributed by atoms with E-state index in [0.29, 0.717) is 12.1 Å². The van der Waals surface area contributed by atoms with Crippen LogP contribution in [-0.2, 0) is 38.4 Å². The van der Waals surface area contributed by atoms with Crippen LogP contribution in [0.5, 0.6) is 0 Å². The first-order valence-electron chi connectivity index (χ1n) is 15.6. The summed E-state index contributed by atoms with van der Waals surface area (Å²) in [5.74, 6) is -3.33. The minimum absolute atomic E-state index is 0.0414. The number of para-hydroxylation sites is 2. The molecule has 0 bridgehead atoms. The van der Waals surface area contributed by atoms with Gasteiger partial charge < -0.3 is 41.7 Å². The van der Waals surface area contributed by atoms with Gasteiger partial charge in [0.2, 0.25) is 17.7 Å². The molecule has 3 aromatic heterocycles. The molecule has 246 valence electrons. The van der Waals surface area contributed by atoms with Crippen molar-refractivity contribution in [3.05, 3.63) is 90.3 Å². The first kappa shape index (κ1) is 32.9. The first-order valence-corrected chi connectivity index (χ1v) is 15.6. The topological polar surface area (TPSA) is 211 Å². The van der Waals surface area contributed by atoms with Crippen molar-refractivity contribution in [2.45, 2.75) is 63.7 Å². The Labute approximate surface area is 271 Å². The van der Waals surface area contributed by atoms with Gasteiger partial charge in [0.05, 0.1) is 12.4 Å². The number of carbonyl (C=O) groups excluding carboxylic acids is 3. The molecule has 13 nitrogen and oxygen atoms in total. The van der Waals surface area contributed by atoms with Crippen molar-refractivity contribution in [1.82, 2.24) is 35.9 Å². The maximum Gasteiger partial charge on any atom is 0.326 e. The molecule has 0 saturated heterocycles. The van der Waals surface area contributed by atoms with Crippen LogP contribution in [0.25, 0.3) is 21.8 Å². The van der Waals surface area contributed by atoms with Gasteiger partial charge in [0, 0.05) is 65.4 Å². The zero-order chi connectivity index (χ0) is 33.5. The second-order valence-electron chi connectivity index (χ2n) is 11.8. The molecule has 0 radical (unpaired) electrons. The Morgan fingerprint density at radius 3 is 1.91 bits per heavy atom. The second-order valence-corrected chi connectivity index (χ2v) is 11.8. The summed E-state index contributed by atoms with van der Waals surface area (Å²) in [4.78, 5) is 66.4. The Balaban J connectivity index is 1.35. The number of amides is 3. The maximum absolute atomic E-state index is 13.9. The number of aromatic amines is 3. The Morgan fingerprint density at radius 1 is 0.787 bits per heavy atom. The van der Waals surface area contributed by atoms with Gasteiger partial charge >= 0.3 is 5.97 Å². The molecule has 0 aliphatic rings. The number of aliphatic carboxylic acids is 1. The lowest BCUT2D eigenvalue weighted by atomic mass is 9.96. The minimum atomic E-state index is -1.24. The fraction of sp³-hybridized carbons (Fsp3) is 0.324. The number of hydrogen-bond acceptors (Lipinski definition) is 6. The maximum atomic E-state index is 13.9. The zero-order valence-electron chi connectivity index (χ0n) is 26.2. The minimum Gasteiger partial charge on any atom is -0.480 e. The molecular weight excluding hydrogens is 600 g/mol. The first-order chi connectivity index (χ1) is 22.6. The third kappa shape index (κ3) is 7.87. The number of hydrogen-bond donors (Lipinski definition) is 8. The highest BCUT2D eigenvalue weighted by Crippen LogP contribution is 2.21. The average Bonchev–Trinajstić information content (AvgIpc) is 3.83. The number of nitrogens with zero attached hydrogens (tertiary/aromatic N) is 1. The molecule has 5 aromatic rings. The lowest BCUT2D eigenvalue weighted by molar-refractivity contribution is -0.142. The predicted molar refractivity (Wildman–Crippen MR) is 177 cm³/mol. The third-order valence-corrected chi connectivity index (χ3v) is 8.57. The van der Waals surface area contributed by atoms with Gasteiger partial charge in [0.1, 0.15) is 18.1 Å². The SMILES string of the molecule is CCC(C)C(NC(=O)C(Cc1c[nH]c2ccccc12)NC(=O)C(N)Cc1cnc[nH]1)C(=O)NC(Cc1c[nH]c2ccccc12)C(=O)O. The number of imidazole rings is 1. The van der Waals surface area contributed by atoms with Crippen LogP contribution in [0.15, 0.2) is 73.4 Å². The summed E-state index contributed by atoms with van der Waals surface area (Å²) >= 11 is 0. The van der Waals surface area contributed by atoms with Crippen LogP contribution in [0, 0.1) is 5.92 Å². The molecule has 5 rings (SSSR count).